The van der Waals surface area contributed by atoms with Gasteiger partial charge in [0.25, 0.3) is 5.91 Å². The second-order valence-corrected chi connectivity index (χ2v) is 7.35. The summed E-state index contributed by atoms with van der Waals surface area (Å²) in [5, 5.41) is 5.28. The summed E-state index contributed by atoms with van der Waals surface area (Å²) in [5.41, 5.74) is 4.59. The van der Waals surface area contributed by atoms with Gasteiger partial charge in [-0.15, -0.1) is 11.3 Å². The van der Waals surface area contributed by atoms with E-state index >= 15 is 0 Å². The van der Waals surface area contributed by atoms with Crippen molar-refractivity contribution < 1.29 is 9.59 Å². The molecule has 0 bridgehead atoms. The van der Waals surface area contributed by atoms with E-state index in [4.69, 9.17) is 0 Å². The number of hydrogen-bond acceptors (Lipinski definition) is 4. The van der Waals surface area contributed by atoms with Crippen molar-refractivity contribution in [3.63, 3.8) is 0 Å². The molecule has 0 atom stereocenters. The van der Waals surface area contributed by atoms with Crippen LogP contribution in [0.3, 0.4) is 0 Å². The first kappa shape index (κ1) is 17.0. The Bertz CT molecular complexity index is 564. The Morgan fingerprint density at radius 2 is 1.82 bits per heavy atom. The first-order valence-electron chi connectivity index (χ1n) is 7.84. The van der Waals surface area contributed by atoms with Crippen molar-refractivity contribution in [1.82, 2.24) is 10.4 Å². The number of nitrogens with zero attached hydrogens (tertiary/aromatic N) is 1. The maximum atomic E-state index is 12.6. The molecule has 0 spiro atoms. The van der Waals surface area contributed by atoms with Crippen LogP contribution in [0.25, 0.3) is 0 Å². The van der Waals surface area contributed by atoms with Gasteiger partial charge in [-0.1, -0.05) is 20.3 Å². The van der Waals surface area contributed by atoms with Crippen molar-refractivity contribution in [2.45, 2.75) is 46.0 Å². The molecule has 122 valence electrons. The molecule has 2 rings (SSSR count). The molecule has 1 aromatic heterocycles. The topological polar surface area (TPSA) is 61.4 Å². The molecule has 1 aromatic rings. The Labute approximate surface area is 136 Å². The predicted molar refractivity (Wildman–Crippen MR) is 90.2 cm³/mol. The van der Waals surface area contributed by atoms with Crippen LogP contribution in [0.2, 0.25) is 0 Å². The van der Waals surface area contributed by atoms with Crippen molar-refractivity contribution in [2.24, 2.45) is 5.92 Å². The van der Waals surface area contributed by atoms with Gasteiger partial charge in [-0.2, -0.15) is 0 Å². The molecule has 0 saturated carbocycles. The van der Waals surface area contributed by atoms with Gasteiger partial charge in [-0.25, -0.2) is 5.01 Å². The van der Waals surface area contributed by atoms with Gasteiger partial charge in [0.05, 0.1) is 5.56 Å². The minimum Gasteiger partial charge on any atom is -0.317 e. The van der Waals surface area contributed by atoms with Crippen molar-refractivity contribution in [2.75, 3.05) is 19.4 Å². The largest absolute Gasteiger partial charge is 0.317 e. The molecule has 2 N–H and O–H groups in total. The third kappa shape index (κ3) is 3.87. The molecule has 1 heterocycles. The summed E-state index contributed by atoms with van der Waals surface area (Å²) in [6.45, 7) is 3.71. The number of nitrogens with one attached hydrogen (secondary N) is 2. The molecular formula is C16H25N3O2S. The minimum absolute atomic E-state index is 0.0460. The van der Waals surface area contributed by atoms with Crippen LogP contribution in [0.5, 0.6) is 0 Å². The summed E-state index contributed by atoms with van der Waals surface area (Å²) >= 11 is 1.57. The fourth-order valence-corrected chi connectivity index (χ4v) is 3.88. The number of carbonyl (C=O) groups is 2. The van der Waals surface area contributed by atoms with Crippen LogP contribution in [-0.4, -0.2) is 30.9 Å². The van der Waals surface area contributed by atoms with E-state index in [1.807, 2.05) is 13.8 Å². The number of anilines is 1. The Kier molecular flexibility index (Phi) is 5.58. The molecule has 6 heteroatoms. The number of thiophene rings is 1. The number of rotatable bonds is 4. The highest BCUT2D eigenvalue weighted by molar-refractivity contribution is 7.17. The highest BCUT2D eigenvalue weighted by Gasteiger charge is 2.26. The van der Waals surface area contributed by atoms with Gasteiger partial charge in [-0.05, 0) is 31.2 Å². The maximum Gasteiger partial charge on any atom is 0.268 e. The van der Waals surface area contributed by atoms with Gasteiger partial charge in [0.1, 0.15) is 5.00 Å². The Morgan fingerprint density at radius 1 is 1.14 bits per heavy atom. The lowest BCUT2D eigenvalue weighted by molar-refractivity contribution is -0.118. The van der Waals surface area contributed by atoms with Gasteiger partial charge in [0.15, 0.2) is 0 Å². The highest BCUT2D eigenvalue weighted by atomic mass is 32.1. The second-order valence-electron chi connectivity index (χ2n) is 6.25. The van der Waals surface area contributed by atoms with Crippen molar-refractivity contribution in [1.29, 1.82) is 0 Å². The molecule has 1 aliphatic carbocycles. The van der Waals surface area contributed by atoms with Crippen molar-refractivity contribution in [3.05, 3.63) is 16.0 Å². The van der Waals surface area contributed by atoms with Gasteiger partial charge in [-0.3, -0.25) is 15.0 Å². The number of amides is 2. The molecule has 0 radical (unpaired) electrons. The molecule has 0 aromatic carbocycles. The van der Waals surface area contributed by atoms with Crippen molar-refractivity contribution >= 4 is 28.2 Å². The number of fused-ring (bicyclic) bond motifs is 1. The summed E-state index contributed by atoms with van der Waals surface area (Å²) in [6.07, 6.45) is 5.37. The van der Waals surface area contributed by atoms with Crippen LogP contribution in [0.15, 0.2) is 0 Å². The van der Waals surface area contributed by atoms with Gasteiger partial charge < -0.3 is 5.32 Å². The SMILES string of the molecule is CC(C)C(=O)Nc1sc2c(c1C(=O)NN(C)C)CCCCC2. The molecule has 0 saturated heterocycles. The van der Waals surface area contributed by atoms with Crippen LogP contribution in [0.1, 0.15) is 53.9 Å². The van der Waals surface area contributed by atoms with Crippen LogP contribution in [-0.2, 0) is 17.6 Å². The molecule has 1 aliphatic rings. The average Bonchev–Trinajstić information content (AvgIpc) is 2.60. The molecular weight excluding hydrogens is 298 g/mol. The summed E-state index contributed by atoms with van der Waals surface area (Å²) in [5.74, 6) is -0.287. The standard InChI is InChI=1S/C16H25N3O2S/c1-10(2)14(20)17-16-13(15(21)18-19(3)4)11-8-6-5-7-9-12(11)22-16/h10H,5-9H2,1-4H3,(H,17,20)(H,18,21). The van der Waals surface area contributed by atoms with Crippen LogP contribution in [0.4, 0.5) is 5.00 Å². The monoisotopic (exact) mass is 323 g/mol. The zero-order valence-electron chi connectivity index (χ0n) is 13.8. The van der Waals surface area contributed by atoms with Crippen molar-refractivity contribution in [3.8, 4) is 0 Å². The lowest BCUT2D eigenvalue weighted by Gasteiger charge is -2.14. The molecule has 22 heavy (non-hydrogen) atoms. The van der Waals surface area contributed by atoms with Gasteiger partial charge in [0, 0.05) is 24.9 Å². The zero-order chi connectivity index (χ0) is 16.3. The van der Waals surface area contributed by atoms with E-state index in [1.54, 1.807) is 30.4 Å². The second kappa shape index (κ2) is 7.24. The third-order valence-electron chi connectivity index (χ3n) is 3.73. The van der Waals surface area contributed by atoms with E-state index in [9.17, 15) is 9.59 Å². The Hall–Kier alpha value is -1.40. The summed E-state index contributed by atoms with van der Waals surface area (Å²) < 4.78 is 0. The fraction of sp³-hybridized carbons (Fsp3) is 0.625. The number of carbonyl (C=O) groups excluding carboxylic acids is 2. The molecule has 0 unspecified atom stereocenters. The highest BCUT2D eigenvalue weighted by Crippen LogP contribution is 2.37. The molecule has 2 amide bonds. The van der Waals surface area contributed by atoms with E-state index in [0.29, 0.717) is 10.6 Å². The summed E-state index contributed by atoms with van der Waals surface area (Å²) in [7, 11) is 3.57. The predicted octanol–water partition coefficient (Wildman–Crippen LogP) is 2.82. The smallest absolute Gasteiger partial charge is 0.268 e. The minimum atomic E-state index is -0.136. The summed E-state index contributed by atoms with van der Waals surface area (Å²) in [6, 6.07) is 0. The van der Waals surface area contributed by atoms with E-state index in [1.165, 1.54) is 11.3 Å². The van der Waals surface area contributed by atoms with Crippen LogP contribution < -0.4 is 10.7 Å². The summed E-state index contributed by atoms with van der Waals surface area (Å²) in [4.78, 5) is 25.9. The van der Waals surface area contributed by atoms with E-state index < -0.39 is 0 Å². The number of hydrogen-bond donors (Lipinski definition) is 2. The van der Waals surface area contributed by atoms with E-state index in [-0.39, 0.29) is 17.7 Å². The molecule has 5 nitrogen and oxygen atoms in total. The van der Waals surface area contributed by atoms with Gasteiger partial charge in [0.2, 0.25) is 5.91 Å². The molecule has 0 aliphatic heterocycles. The third-order valence-corrected chi connectivity index (χ3v) is 4.94. The number of hydrazine groups is 1. The quantitative estimate of drug-likeness (QED) is 0.661. The maximum absolute atomic E-state index is 12.6. The first-order chi connectivity index (χ1) is 10.4. The lowest BCUT2D eigenvalue weighted by Crippen LogP contribution is -2.37. The fourth-order valence-electron chi connectivity index (χ4n) is 2.59. The van der Waals surface area contributed by atoms with Crippen LogP contribution >= 0.6 is 11.3 Å². The average molecular weight is 323 g/mol. The van der Waals surface area contributed by atoms with E-state index in [2.05, 4.69) is 10.7 Å². The number of aryl methyl sites for hydroxylation is 1. The Balaban J connectivity index is 2.39. The zero-order valence-corrected chi connectivity index (χ0v) is 14.6. The Morgan fingerprint density at radius 3 is 2.45 bits per heavy atom. The first-order valence-corrected chi connectivity index (χ1v) is 8.65. The normalized spacial score (nSPS) is 14.6. The lowest BCUT2D eigenvalue weighted by atomic mass is 10.0. The van der Waals surface area contributed by atoms with Crippen LogP contribution in [0, 0.1) is 5.92 Å². The van der Waals surface area contributed by atoms with E-state index in [0.717, 1.165) is 31.2 Å². The van der Waals surface area contributed by atoms with Gasteiger partial charge >= 0.3 is 0 Å². The molecule has 0 fully saturated rings.